The molecular formula is C20H19F. The van der Waals surface area contributed by atoms with Gasteiger partial charge in [0.25, 0.3) is 0 Å². The van der Waals surface area contributed by atoms with Crippen molar-refractivity contribution < 1.29 is 4.39 Å². The molecule has 0 amide bonds. The molecule has 1 aliphatic rings. The molecule has 2 aromatic rings. The van der Waals surface area contributed by atoms with Crippen molar-refractivity contribution in [3.63, 3.8) is 0 Å². The molecule has 106 valence electrons. The van der Waals surface area contributed by atoms with Crippen LogP contribution in [-0.2, 0) is 0 Å². The smallest absolute Gasteiger partial charge is 0.124 e. The molecule has 0 spiro atoms. The molecule has 0 aliphatic heterocycles. The molecule has 0 unspecified atom stereocenters. The van der Waals surface area contributed by atoms with E-state index in [-0.39, 0.29) is 5.82 Å². The summed E-state index contributed by atoms with van der Waals surface area (Å²) >= 11 is 0. The maximum atomic E-state index is 13.1. The molecule has 0 nitrogen and oxygen atoms in total. The Labute approximate surface area is 126 Å². The lowest BCUT2D eigenvalue weighted by molar-refractivity contribution is 0.443. The lowest BCUT2D eigenvalue weighted by Gasteiger charge is -2.21. The first-order chi connectivity index (χ1) is 10.3. The normalized spacial score (nSPS) is 15.3. The molecule has 0 radical (unpaired) electrons. The average molecular weight is 278 g/mol. The lowest BCUT2D eigenvalue weighted by atomic mass is 9.84. The fourth-order valence-corrected chi connectivity index (χ4v) is 2.99. The van der Waals surface area contributed by atoms with Crippen molar-refractivity contribution in [1.29, 1.82) is 0 Å². The largest absolute Gasteiger partial charge is 0.207 e. The molecule has 0 bridgehead atoms. The molecule has 1 fully saturated rings. The van der Waals surface area contributed by atoms with Crippen LogP contribution in [0.15, 0.2) is 48.5 Å². The van der Waals surface area contributed by atoms with E-state index in [2.05, 4.69) is 36.1 Å². The first-order valence-electron chi connectivity index (χ1n) is 7.69. The van der Waals surface area contributed by atoms with Crippen molar-refractivity contribution in [3.8, 4) is 11.8 Å². The van der Waals surface area contributed by atoms with E-state index in [0.717, 1.165) is 11.5 Å². The molecular weight excluding hydrogens is 259 g/mol. The van der Waals surface area contributed by atoms with Crippen molar-refractivity contribution in [3.05, 3.63) is 71.0 Å². The van der Waals surface area contributed by atoms with Crippen LogP contribution in [0.4, 0.5) is 4.39 Å². The van der Waals surface area contributed by atoms with Gasteiger partial charge < -0.3 is 0 Å². The topological polar surface area (TPSA) is 0 Å². The van der Waals surface area contributed by atoms with Gasteiger partial charge in [0.15, 0.2) is 0 Å². The lowest BCUT2D eigenvalue weighted by Crippen LogP contribution is -2.04. The fraction of sp³-hybridized carbons (Fsp3) is 0.300. The van der Waals surface area contributed by atoms with E-state index in [0.29, 0.717) is 5.56 Å². The number of rotatable bonds is 1. The van der Waals surface area contributed by atoms with Crippen LogP contribution in [0.2, 0.25) is 0 Å². The quantitative estimate of drug-likeness (QED) is 0.623. The van der Waals surface area contributed by atoms with E-state index < -0.39 is 0 Å². The molecule has 1 saturated carbocycles. The zero-order chi connectivity index (χ0) is 14.5. The maximum absolute atomic E-state index is 13.1. The van der Waals surface area contributed by atoms with Crippen LogP contribution in [0, 0.1) is 17.7 Å². The van der Waals surface area contributed by atoms with Crippen molar-refractivity contribution in [2.45, 2.75) is 38.0 Å². The Morgan fingerprint density at radius 1 is 0.810 bits per heavy atom. The van der Waals surface area contributed by atoms with Gasteiger partial charge in [0.2, 0.25) is 0 Å². The Bertz CT molecular complexity index is 652. The third kappa shape index (κ3) is 3.73. The standard InChI is InChI=1S/C20H19F/c21-20-8-4-5-17(15-20)10-9-16-11-13-19(14-12-16)18-6-2-1-3-7-18/h4-5,8,11-15,18H,1-3,6-7H2. The molecule has 1 aliphatic carbocycles. The second kappa shape index (κ2) is 6.59. The highest BCUT2D eigenvalue weighted by atomic mass is 19.1. The Balaban J connectivity index is 1.73. The summed E-state index contributed by atoms with van der Waals surface area (Å²) in [5.41, 5.74) is 3.14. The molecule has 0 heterocycles. The van der Waals surface area contributed by atoms with Gasteiger partial charge in [-0.2, -0.15) is 0 Å². The second-order valence-corrected chi connectivity index (χ2v) is 5.72. The summed E-state index contributed by atoms with van der Waals surface area (Å²) in [5, 5.41) is 0. The summed E-state index contributed by atoms with van der Waals surface area (Å²) in [5.74, 6) is 6.60. The minimum absolute atomic E-state index is 0.241. The summed E-state index contributed by atoms with van der Waals surface area (Å²) in [4.78, 5) is 0. The van der Waals surface area contributed by atoms with Gasteiger partial charge >= 0.3 is 0 Å². The highest BCUT2D eigenvalue weighted by Crippen LogP contribution is 2.32. The van der Waals surface area contributed by atoms with Gasteiger partial charge in [-0.05, 0) is 54.7 Å². The molecule has 21 heavy (non-hydrogen) atoms. The summed E-state index contributed by atoms with van der Waals surface area (Å²) in [7, 11) is 0. The first-order valence-corrected chi connectivity index (χ1v) is 7.69. The Morgan fingerprint density at radius 3 is 2.24 bits per heavy atom. The minimum Gasteiger partial charge on any atom is -0.207 e. The van der Waals surface area contributed by atoms with Crippen molar-refractivity contribution in [2.75, 3.05) is 0 Å². The maximum Gasteiger partial charge on any atom is 0.124 e. The van der Waals surface area contributed by atoms with Gasteiger partial charge in [-0.25, -0.2) is 4.39 Å². The van der Waals surface area contributed by atoms with Crippen LogP contribution in [0.25, 0.3) is 0 Å². The summed E-state index contributed by atoms with van der Waals surface area (Å²) in [6.45, 7) is 0. The van der Waals surface area contributed by atoms with E-state index in [1.54, 1.807) is 6.07 Å². The van der Waals surface area contributed by atoms with E-state index in [9.17, 15) is 4.39 Å². The van der Waals surface area contributed by atoms with Crippen LogP contribution in [0.1, 0.15) is 54.7 Å². The summed E-state index contributed by atoms with van der Waals surface area (Å²) < 4.78 is 13.1. The van der Waals surface area contributed by atoms with Gasteiger partial charge in [0.05, 0.1) is 0 Å². The molecule has 1 heteroatoms. The zero-order valence-corrected chi connectivity index (χ0v) is 12.1. The number of hydrogen-bond donors (Lipinski definition) is 0. The molecule has 0 N–H and O–H groups in total. The van der Waals surface area contributed by atoms with E-state index >= 15 is 0 Å². The van der Waals surface area contributed by atoms with E-state index in [1.165, 1.54) is 49.8 Å². The third-order valence-corrected chi connectivity index (χ3v) is 4.16. The first kappa shape index (κ1) is 13.9. The Hall–Kier alpha value is -2.07. The molecule has 0 saturated heterocycles. The SMILES string of the molecule is Fc1cccc(C#Cc2ccc(C3CCCCC3)cc2)c1. The number of halogens is 1. The predicted molar refractivity (Wildman–Crippen MR) is 84.6 cm³/mol. The number of benzene rings is 2. The zero-order valence-electron chi connectivity index (χ0n) is 12.1. The molecule has 0 aromatic heterocycles. The van der Waals surface area contributed by atoms with Gasteiger partial charge in [-0.1, -0.05) is 49.3 Å². The van der Waals surface area contributed by atoms with E-state index in [4.69, 9.17) is 0 Å². The van der Waals surface area contributed by atoms with E-state index in [1.807, 2.05) is 6.07 Å². The third-order valence-electron chi connectivity index (χ3n) is 4.16. The second-order valence-electron chi connectivity index (χ2n) is 5.72. The van der Waals surface area contributed by atoms with Gasteiger partial charge in [0.1, 0.15) is 5.82 Å². The van der Waals surface area contributed by atoms with Crippen LogP contribution in [0.5, 0.6) is 0 Å². The number of hydrogen-bond acceptors (Lipinski definition) is 0. The van der Waals surface area contributed by atoms with Crippen molar-refractivity contribution in [2.24, 2.45) is 0 Å². The average Bonchev–Trinajstić information content (AvgIpc) is 2.54. The highest BCUT2D eigenvalue weighted by Gasteiger charge is 2.14. The van der Waals surface area contributed by atoms with Crippen molar-refractivity contribution >= 4 is 0 Å². The van der Waals surface area contributed by atoms with Gasteiger partial charge in [-0.15, -0.1) is 0 Å². The Kier molecular flexibility index (Phi) is 4.36. The van der Waals surface area contributed by atoms with Gasteiger partial charge in [0, 0.05) is 11.1 Å². The summed E-state index contributed by atoms with van der Waals surface area (Å²) in [6, 6.07) is 15.0. The van der Waals surface area contributed by atoms with Crippen LogP contribution < -0.4 is 0 Å². The van der Waals surface area contributed by atoms with Crippen LogP contribution in [-0.4, -0.2) is 0 Å². The van der Waals surface area contributed by atoms with Gasteiger partial charge in [-0.3, -0.25) is 0 Å². The Morgan fingerprint density at radius 2 is 1.52 bits per heavy atom. The fourth-order valence-electron chi connectivity index (χ4n) is 2.99. The van der Waals surface area contributed by atoms with Crippen LogP contribution >= 0.6 is 0 Å². The van der Waals surface area contributed by atoms with Crippen molar-refractivity contribution in [1.82, 2.24) is 0 Å². The summed E-state index contributed by atoms with van der Waals surface area (Å²) in [6.07, 6.45) is 6.72. The monoisotopic (exact) mass is 278 g/mol. The van der Waals surface area contributed by atoms with Crippen LogP contribution in [0.3, 0.4) is 0 Å². The minimum atomic E-state index is -0.241. The highest BCUT2D eigenvalue weighted by molar-refractivity contribution is 5.43. The molecule has 3 rings (SSSR count). The predicted octanol–water partition coefficient (Wildman–Crippen LogP) is 5.27. The molecule has 0 atom stereocenters. The molecule has 2 aromatic carbocycles.